The van der Waals surface area contributed by atoms with Crippen LogP contribution < -0.4 is 0 Å². The second kappa shape index (κ2) is 3.13. The Kier molecular flexibility index (Phi) is 1.88. The first-order valence-corrected chi connectivity index (χ1v) is 5.84. The molecule has 0 bridgehead atoms. The van der Waals surface area contributed by atoms with Gasteiger partial charge >= 0.3 is 0 Å². The molecule has 1 nitrogen and oxygen atoms in total. The Hall–Kier alpha value is -1.24. The van der Waals surface area contributed by atoms with E-state index in [9.17, 15) is 0 Å². The third-order valence-electron chi connectivity index (χ3n) is 3.59. The van der Waals surface area contributed by atoms with Gasteiger partial charge in [0.1, 0.15) is 0 Å². The summed E-state index contributed by atoms with van der Waals surface area (Å²) in [5.41, 5.74) is 5.74. The van der Waals surface area contributed by atoms with Crippen LogP contribution in [0, 0.1) is 12.8 Å². The van der Waals surface area contributed by atoms with Crippen molar-refractivity contribution in [2.24, 2.45) is 5.92 Å². The first kappa shape index (κ1) is 9.02. The molecule has 3 rings (SSSR count). The lowest BCUT2D eigenvalue weighted by atomic mass is 9.87. The fourth-order valence-electron chi connectivity index (χ4n) is 2.71. The molecule has 0 spiro atoms. The number of aromatic amines is 1. The van der Waals surface area contributed by atoms with E-state index >= 15 is 0 Å². The van der Waals surface area contributed by atoms with Gasteiger partial charge in [-0.3, -0.25) is 0 Å². The molecule has 0 saturated carbocycles. The Morgan fingerprint density at radius 1 is 1.33 bits per heavy atom. The number of aromatic nitrogens is 1. The summed E-state index contributed by atoms with van der Waals surface area (Å²) in [5, 5.41) is 1.46. The first-order valence-electron chi connectivity index (χ1n) is 5.84. The van der Waals surface area contributed by atoms with Crippen LogP contribution in [0.4, 0.5) is 0 Å². The van der Waals surface area contributed by atoms with E-state index in [0.29, 0.717) is 0 Å². The Balaban J connectivity index is 2.25. The number of hydrogen-bond donors (Lipinski definition) is 1. The van der Waals surface area contributed by atoms with Crippen LogP contribution in [-0.2, 0) is 12.8 Å². The number of nitrogens with one attached hydrogen (secondary N) is 1. The second-order valence-electron chi connectivity index (χ2n) is 4.98. The molecule has 0 radical (unpaired) electrons. The Morgan fingerprint density at radius 2 is 2.20 bits per heavy atom. The zero-order chi connectivity index (χ0) is 10.4. The lowest BCUT2D eigenvalue weighted by molar-refractivity contribution is 0.499. The molecule has 1 aliphatic carbocycles. The summed E-state index contributed by atoms with van der Waals surface area (Å²) in [5.74, 6) is 0.844. The fourth-order valence-corrected chi connectivity index (χ4v) is 2.71. The summed E-state index contributed by atoms with van der Waals surface area (Å²) in [6.07, 6.45) is 3.81. The van der Waals surface area contributed by atoms with Crippen molar-refractivity contribution in [3.8, 4) is 0 Å². The van der Waals surface area contributed by atoms with E-state index in [4.69, 9.17) is 0 Å². The minimum absolute atomic E-state index is 0.844. The maximum atomic E-state index is 3.56. The maximum absolute atomic E-state index is 3.56. The van der Waals surface area contributed by atoms with Gasteiger partial charge < -0.3 is 4.98 Å². The highest BCUT2D eigenvalue weighted by Crippen LogP contribution is 2.31. The zero-order valence-electron chi connectivity index (χ0n) is 9.43. The first-order chi connectivity index (χ1) is 7.24. The van der Waals surface area contributed by atoms with Gasteiger partial charge in [-0.15, -0.1) is 0 Å². The average molecular weight is 199 g/mol. The van der Waals surface area contributed by atoms with Crippen LogP contribution in [0.2, 0.25) is 0 Å². The quantitative estimate of drug-likeness (QED) is 0.667. The molecule has 1 aliphatic rings. The molecular weight excluding hydrogens is 182 g/mol. The third kappa shape index (κ3) is 1.38. The molecular formula is C14H17N. The van der Waals surface area contributed by atoms with Crippen molar-refractivity contribution in [3.63, 3.8) is 0 Å². The summed E-state index contributed by atoms with van der Waals surface area (Å²) in [7, 11) is 0. The number of aryl methyl sites for hydroxylation is 2. The minimum Gasteiger partial charge on any atom is -0.358 e. The number of H-pyrrole nitrogens is 1. The van der Waals surface area contributed by atoms with Crippen molar-refractivity contribution >= 4 is 10.9 Å². The van der Waals surface area contributed by atoms with E-state index in [-0.39, 0.29) is 0 Å². The summed E-state index contributed by atoms with van der Waals surface area (Å²) < 4.78 is 0. The number of hydrogen-bond acceptors (Lipinski definition) is 0. The highest BCUT2D eigenvalue weighted by Gasteiger charge is 2.19. The van der Waals surface area contributed by atoms with Crippen molar-refractivity contribution in [2.75, 3.05) is 0 Å². The molecule has 1 atom stereocenters. The average Bonchev–Trinajstić information content (AvgIpc) is 2.56. The second-order valence-corrected chi connectivity index (χ2v) is 4.98. The van der Waals surface area contributed by atoms with Gasteiger partial charge in [0.25, 0.3) is 0 Å². The van der Waals surface area contributed by atoms with E-state index in [0.717, 1.165) is 5.92 Å². The van der Waals surface area contributed by atoms with E-state index < -0.39 is 0 Å². The van der Waals surface area contributed by atoms with Crippen LogP contribution in [0.1, 0.15) is 30.2 Å². The van der Waals surface area contributed by atoms with Crippen LogP contribution in [0.5, 0.6) is 0 Å². The highest BCUT2D eigenvalue weighted by molar-refractivity contribution is 5.85. The summed E-state index contributed by atoms with van der Waals surface area (Å²) >= 11 is 0. The van der Waals surface area contributed by atoms with Crippen LogP contribution >= 0.6 is 0 Å². The molecule has 0 unspecified atom stereocenters. The topological polar surface area (TPSA) is 15.8 Å². The summed E-state index contributed by atoms with van der Waals surface area (Å²) in [6, 6.07) is 6.73. The normalized spacial score (nSPS) is 20.5. The lowest BCUT2D eigenvalue weighted by Crippen LogP contribution is -2.09. The van der Waals surface area contributed by atoms with Crippen LogP contribution in [0.15, 0.2) is 18.2 Å². The molecule has 0 saturated heterocycles. The van der Waals surface area contributed by atoms with Gasteiger partial charge in [0.2, 0.25) is 0 Å². The van der Waals surface area contributed by atoms with Crippen molar-refractivity contribution in [1.29, 1.82) is 0 Å². The molecule has 0 amide bonds. The fraction of sp³-hybridized carbons (Fsp3) is 0.429. The van der Waals surface area contributed by atoms with Crippen LogP contribution in [0.3, 0.4) is 0 Å². The van der Waals surface area contributed by atoms with Gasteiger partial charge in [0, 0.05) is 16.6 Å². The molecule has 0 fully saturated rings. The van der Waals surface area contributed by atoms with Gasteiger partial charge in [-0.25, -0.2) is 0 Å². The smallest absolute Gasteiger partial charge is 0.0459 e. The summed E-state index contributed by atoms with van der Waals surface area (Å²) in [6.45, 7) is 4.53. The monoisotopic (exact) mass is 199 g/mol. The Bertz CT molecular complexity index is 507. The molecule has 15 heavy (non-hydrogen) atoms. The van der Waals surface area contributed by atoms with Gasteiger partial charge in [0.15, 0.2) is 0 Å². The van der Waals surface area contributed by atoms with Crippen molar-refractivity contribution < 1.29 is 0 Å². The molecule has 1 aromatic heterocycles. The van der Waals surface area contributed by atoms with E-state index in [1.54, 1.807) is 5.56 Å². The third-order valence-corrected chi connectivity index (χ3v) is 3.59. The lowest BCUT2D eigenvalue weighted by Gasteiger charge is -2.18. The Labute approximate surface area is 90.5 Å². The predicted molar refractivity (Wildman–Crippen MR) is 64.2 cm³/mol. The number of benzene rings is 1. The summed E-state index contributed by atoms with van der Waals surface area (Å²) in [4.78, 5) is 3.56. The van der Waals surface area contributed by atoms with Gasteiger partial charge in [-0.2, -0.15) is 0 Å². The molecule has 0 aliphatic heterocycles. The van der Waals surface area contributed by atoms with Gasteiger partial charge in [-0.05, 0) is 49.8 Å². The van der Waals surface area contributed by atoms with Gasteiger partial charge in [0.05, 0.1) is 0 Å². The van der Waals surface area contributed by atoms with Crippen molar-refractivity contribution in [1.82, 2.24) is 4.98 Å². The molecule has 1 aromatic carbocycles. The standard InChI is InChI=1S/C14H17N/c1-9-3-5-13-11(7-9)12-8-10(2)4-6-14(12)15-13/h3,5,7,10,15H,4,6,8H2,1-2H3/t10-/m0/s1. The van der Waals surface area contributed by atoms with E-state index in [1.807, 2.05) is 0 Å². The van der Waals surface area contributed by atoms with E-state index in [1.165, 1.54) is 41.4 Å². The van der Waals surface area contributed by atoms with Crippen LogP contribution in [-0.4, -0.2) is 4.98 Å². The zero-order valence-corrected chi connectivity index (χ0v) is 9.43. The molecule has 1 heterocycles. The largest absolute Gasteiger partial charge is 0.358 e. The van der Waals surface area contributed by atoms with Crippen LogP contribution in [0.25, 0.3) is 10.9 Å². The predicted octanol–water partition coefficient (Wildman–Crippen LogP) is 3.60. The molecule has 78 valence electrons. The molecule has 1 N–H and O–H groups in total. The number of fused-ring (bicyclic) bond motifs is 3. The number of rotatable bonds is 0. The highest BCUT2D eigenvalue weighted by atomic mass is 14.7. The molecule has 1 heteroatoms. The van der Waals surface area contributed by atoms with Crippen molar-refractivity contribution in [3.05, 3.63) is 35.0 Å². The maximum Gasteiger partial charge on any atom is 0.0459 e. The SMILES string of the molecule is Cc1ccc2[nH]c3c(c2c1)C[C@@H](C)CC3. The van der Waals surface area contributed by atoms with Crippen molar-refractivity contribution in [2.45, 2.75) is 33.1 Å². The van der Waals surface area contributed by atoms with Gasteiger partial charge in [-0.1, -0.05) is 18.6 Å². The Morgan fingerprint density at radius 3 is 3.07 bits per heavy atom. The molecule has 2 aromatic rings. The minimum atomic E-state index is 0.844. The van der Waals surface area contributed by atoms with E-state index in [2.05, 4.69) is 37.0 Å².